The van der Waals surface area contributed by atoms with Crippen molar-refractivity contribution in [3.8, 4) is 12.3 Å². The Kier molecular flexibility index (Phi) is 14.4. The summed E-state index contributed by atoms with van der Waals surface area (Å²) in [6.45, 7) is 2.16. The topological polar surface area (TPSA) is 146 Å². The minimum atomic E-state index is -4.43. The highest BCUT2D eigenvalue weighted by molar-refractivity contribution is 7.48. The van der Waals surface area contributed by atoms with E-state index >= 15 is 0 Å². The van der Waals surface area contributed by atoms with E-state index in [4.69, 9.17) is 83.2 Å². The number of nitrogens with one attached hydrogen (secondary N) is 1. The fourth-order valence-corrected chi connectivity index (χ4v) is 6.09. The van der Waals surface area contributed by atoms with Gasteiger partial charge in [-0.05, 0) is 16.7 Å². The van der Waals surface area contributed by atoms with Gasteiger partial charge in [0.15, 0.2) is 19.0 Å². The van der Waals surface area contributed by atoms with Crippen LogP contribution in [0.4, 0.5) is 9.59 Å². The van der Waals surface area contributed by atoms with Gasteiger partial charge in [-0.2, -0.15) is 0 Å². The number of hydrogen-bond donors (Lipinski definition) is 1. The van der Waals surface area contributed by atoms with Crippen molar-refractivity contribution in [2.75, 3.05) is 26.4 Å². The molecular formula is C31H33Cl3NO12P. The van der Waals surface area contributed by atoms with Crippen molar-refractivity contribution in [1.29, 1.82) is 0 Å². The Morgan fingerprint density at radius 1 is 1.04 bits per heavy atom. The van der Waals surface area contributed by atoms with Gasteiger partial charge >= 0.3 is 20.1 Å². The van der Waals surface area contributed by atoms with Crippen molar-refractivity contribution in [3.63, 3.8) is 0 Å². The Balaban J connectivity index is 1.68. The Morgan fingerprint density at radius 3 is 2.33 bits per heavy atom. The molecule has 1 amide bonds. The molecule has 2 aliphatic heterocycles. The molecule has 0 radical (unpaired) electrons. The molecule has 4 rings (SSSR count). The Bertz CT molecular complexity index is 1440. The highest BCUT2D eigenvalue weighted by Gasteiger charge is 2.54. The van der Waals surface area contributed by atoms with E-state index in [0.29, 0.717) is 0 Å². The zero-order chi connectivity index (χ0) is 34.6. The van der Waals surface area contributed by atoms with Gasteiger partial charge in [0, 0.05) is 0 Å². The van der Waals surface area contributed by atoms with Crippen molar-refractivity contribution in [1.82, 2.24) is 5.32 Å². The number of benzene rings is 2. The predicted molar refractivity (Wildman–Crippen MR) is 173 cm³/mol. The van der Waals surface area contributed by atoms with Crippen LogP contribution in [0.5, 0.6) is 0 Å². The highest BCUT2D eigenvalue weighted by Crippen LogP contribution is 2.55. The van der Waals surface area contributed by atoms with Crippen molar-refractivity contribution in [3.05, 3.63) is 83.9 Å². The van der Waals surface area contributed by atoms with E-state index in [2.05, 4.69) is 17.8 Å². The van der Waals surface area contributed by atoms with E-state index < -0.39 is 67.7 Å². The largest absolute Gasteiger partial charge is 0.509 e. The molecule has 2 heterocycles. The summed E-state index contributed by atoms with van der Waals surface area (Å²) in [6, 6.07) is 15.0. The molecule has 2 aromatic rings. The molecule has 13 nitrogen and oxygen atoms in total. The van der Waals surface area contributed by atoms with E-state index in [9.17, 15) is 14.2 Å². The van der Waals surface area contributed by atoms with Gasteiger partial charge in [0.1, 0.15) is 24.9 Å². The maximum absolute atomic E-state index is 14.1. The van der Waals surface area contributed by atoms with Gasteiger partial charge in [0.25, 0.3) is 0 Å². The maximum atomic E-state index is 14.1. The summed E-state index contributed by atoms with van der Waals surface area (Å²) in [6.07, 6.45) is -1.32. The van der Waals surface area contributed by atoms with Gasteiger partial charge in [-0.3, -0.25) is 13.6 Å². The Hall–Kier alpha value is -2.86. The molecule has 0 bridgehead atoms. The van der Waals surface area contributed by atoms with E-state index in [1.165, 1.54) is 6.08 Å². The molecule has 0 unspecified atom stereocenters. The second-order valence-electron chi connectivity index (χ2n) is 10.2. The van der Waals surface area contributed by atoms with Crippen LogP contribution in [0.25, 0.3) is 0 Å². The van der Waals surface area contributed by atoms with Crippen molar-refractivity contribution >= 4 is 54.9 Å². The molecule has 2 aromatic carbocycles. The van der Waals surface area contributed by atoms with Crippen LogP contribution in [0.1, 0.15) is 16.7 Å². The number of hydrogen-bond acceptors (Lipinski definition) is 12. The molecule has 1 N–H and O–H groups in total. The van der Waals surface area contributed by atoms with Crippen LogP contribution in [0, 0.1) is 12.3 Å². The van der Waals surface area contributed by atoms with Crippen LogP contribution >= 0.6 is 42.6 Å². The lowest BCUT2D eigenvalue weighted by Crippen LogP contribution is -2.66. The third-order valence-electron chi connectivity index (χ3n) is 6.70. The van der Waals surface area contributed by atoms with E-state index in [1.54, 1.807) is 24.3 Å². The highest BCUT2D eigenvalue weighted by atomic mass is 35.6. The monoisotopic (exact) mass is 747 g/mol. The average molecular weight is 749 g/mol. The van der Waals surface area contributed by atoms with Crippen LogP contribution in [0.15, 0.2) is 67.3 Å². The van der Waals surface area contributed by atoms with Gasteiger partial charge in [0.2, 0.25) is 3.79 Å². The number of amides is 1. The lowest BCUT2D eigenvalue weighted by atomic mass is 9.96. The normalized spacial score (nSPS) is 23.4. The Morgan fingerprint density at radius 2 is 1.71 bits per heavy atom. The number of fused-ring (bicyclic) bond motifs is 1. The van der Waals surface area contributed by atoms with Crippen molar-refractivity contribution in [2.24, 2.45) is 0 Å². The van der Waals surface area contributed by atoms with Gasteiger partial charge in [-0.25, -0.2) is 14.2 Å². The summed E-state index contributed by atoms with van der Waals surface area (Å²) < 4.78 is 63.1. The van der Waals surface area contributed by atoms with Gasteiger partial charge in [-0.1, -0.05) is 101 Å². The molecule has 5 atom stereocenters. The molecular weight excluding hydrogens is 716 g/mol. The fourth-order valence-electron chi connectivity index (χ4n) is 4.59. The summed E-state index contributed by atoms with van der Waals surface area (Å²) in [5.41, 5.74) is 2.29. The lowest BCUT2D eigenvalue weighted by molar-refractivity contribution is -0.268. The number of terminal acetylenes is 1. The number of carbonyl (C=O) groups excluding carboxylic acids is 2. The number of phosphoric acid groups is 1. The minimum Gasteiger partial charge on any atom is -0.445 e. The van der Waals surface area contributed by atoms with Crippen LogP contribution in [-0.4, -0.2) is 73.1 Å². The van der Waals surface area contributed by atoms with Crippen molar-refractivity contribution in [2.45, 2.75) is 54.3 Å². The summed E-state index contributed by atoms with van der Waals surface area (Å²) in [5.74, 6) is 2.15. The number of rotatable bonds is 13. The SMILES string of the molecule is C#CCOC(=O)O[C@@H]1[C@@H](NC(=O)OCC(Cl)(Cl)Cl)[C@@H](OCC=C)O[C@H](COCc2ccccc2)[C@H]1OP1(=O)OCc2ccccc2CO1. The first-order valence-corrected chi connectivity index (χ1v) is 17.0. The minimum absolute atomic E-state index is 0.0770. The molecule has 17 heteroatoms. The van der Waals surface area contributed by atoms with Gasteiger partial charge in [-0.15, -0.1) is 13.0 Å². The molecule has 0 saturated carbocycles. The van der Waals surface area contributed by atoms with Gasteiger partial charge in [0.05, 0.1) is 33.0 Å². The number of carbonyl (C=O) groups is 2. The molecule has 1 saturated heterocycles. The summed E-state index contributed by atoms with van der Waals surface area (Å²) in [4.78, 5) is 25.8. The number of ether oxygens (including phenoxy) is 6. The second-order valence-corrected chi connectivity index (χ2v) is 14.3. The van der Waals surface area contributed by atoms with E-state index in [-0.39, 0.29) is 33.0 Å². The number of alkyl carbamates (subject to hydrolysis) is 1. The fraction of sp³-hybridized carbons (Fsp3) is 0.419. The summed E-state index contributed by atoms with van der Waals surface area (Å²) in [7, 11) is -4.43. The molecule has 0 aliphatic carbocycles. The average Bonchev–Trinajstić information content (AvgIpc) is 3.23. The molecule has 1 fully saturated rings. The van der Waals surface area contributed by atoms with Crippen LogP contribution in [0.3, 0.4) is 0 Å². The first kappa shape index (κ1) is 38.0. The standard InChI is InChI=1S/C31H33Cl3NO12P/c1-3-14-40-28-25(35-29(36)42-20-31(32,33)34)27(46-30(37)41-15-4-2)26(24(45-28)19-39-16-21-10-6-5-7-11-21)47-48(38)43-17-22-12-8-9-13-23(22)18-44-48/h2-3,5-13,24-28H,1,14-20H2,(H,35,36)/t24-,25-,26-,27-,28+/m1/s1. The number of halogens is 3. The van der Waals surface area contributed by atoms with Crippen LogP contribution in [0.2, 0.25) is 0 Å². The molecule has 260 valence electrons. The van der Waals surface area contributed by atoms with Crippen LogP contribution < -0.4 is 5.32 Å². The Labute approximate surface area is 292 Å². The number of phosphoric ester groups is 1. The summed E-state index contributed by atoms with van der Waals surface area (Å²) >= 11 is 17.2. The quantitative estimate of drug-likeness (QED) is 0.0844. The zero-order valence-electron chi connectivity index (χ0n) is 25.4. The molecule has 0 spiro atoms. The third-order valence-corrected chi connectivity index (χ3v) is 8.42. The van der Waals surface area contributed by atoms with Gasteiger partial charge < -0.3 is 33.7 Å². The second kappa shape index (κ2) is 18.2. The predicted octanol–water partition coefficient (Wildman–Crippen LogP) is 5.99. The first-order valence-electron chi connectivity index (χ1n) is 14.4. The summed E-state index contributed by atoms with van der Waals surface area (Å²) in [5, 5.41) is 2.48. The van der Waals surface area contributed by atoms with E-state index in [0.717, 1.165) is 16.7 Å². The molecule has 0 aromatic heterocycles. The number of alkyl halides is 3. The smallest absolute Gasteiger partial charge is 0.445 e. The van der Waals surface area contributed by atoms with Crippen molar-refractivity contribution < 1.29 is 56.1 Å². The molecule has 2 aliphatic rings. The van der Waals surface area contributed by atoms with Crippen LogP contribution in [-0.2, 0) is 66.4 Å². The molecule has 48 heavy (non-hydrogen) atoms. The first-order chi connectivity index (χ1) is 23.0. The zero-order valence-corrected chi connectivity index (χ0v) is 28.5. The third kappa shape index (κ3) is 11.6. The van der Waals surface area contributed by atoms with E-state index in [1.807, 2.05) is 30.3 Å². The lowest BCUT2D eigenvalue weighted by Gasteiger charge is -2.45. The maximum Gasteiger partial charge on any atom is 0.509 e.